The van der Waals surface area contributed by atoms with Crippen LogP contribution in [0.5, 0.6) is 0 Å². The summed E-state index contributed by atoms with van der Waals surface area (Å²) >= 11 is 17.3. The second-order valence-electron chi connectivity index (χ2n) is 13.7. The first-order valence-corrected chi connectivity index (χ1v) is 19.7. The molecule has 0 aromatic heterocycles. The highest BCUT2D eigenvalue weighted by Crippen LogP contribution is 2.44. The zero-order valence-corrected chi connectivity index (χ0v) is 35.1. The first-order chi connectivity index (χ1) is 28.5. The van der Waals surface area contributed by atoms with Gasteiger partial charge in [0, 0.05) is 26.7 Å². The zero-order chi connectivity index (χ0) is 43.6. The number of amides is 2. The molecular weight excluding hydrogens is 851 g/mol. The average molecular weight is 894 g/mol. The van der Waals surface area contributed by atoms with Crippen molar-refractivity contribution in [1.29, 1.82) is 0 Å². The fraction of sp³-hybridized carbons (Fsp3) is 0.415. The van der Waals surface area contributed by atoms with Gasteiger partial charge < -0.3 is 48.5 Å². The van der Waals surface area contributed by atoms with Gasteiger partial charge in [0.2, 0.25) is 3.79 Å². The maximum atomic E-state index is 13.9. The SMILES string of the molecule is CC(=O)OCC1O[C@@H](O[C@H](C)[C@H](NC(=O)OCC2c3ccccc3-c3ccccc32)C(=O)OCc2ccccc2)C(NC(=O)OCC(Cl)(Cl)Cl)[C@@H](OC(C)=O)[C@@H]1OC(C)=O. The summed E-state index contributed by atoms with van der Waals surface area (Å²) in [6.45, 7) is 3.08. The number of nitrogens with one attached hydrogen (secondary N) is 2. The fourth-order valence-corrected chi connectivity index (χ4v) is 6.90. The molecule has 1 aliphatic carbocycles. The van der Waals surface area contributed by atoms with Gasteiger partial charge in [-0.15, -0.1) is 0 Å². The van der Waals surface area contributed by atoms with Crippen molar-refractivity contribution in [2.24, 2.45) is 0 Å². The summed E-state index contributed by atoms with van der Waals surface area (Å²) < 4.78 is 42.9. The van der Waals surface area contributed by atoms with Crippen LogP contribution < -0.4 is 10.6 Å². The van der Waals surface area contributed by atoms with E-state index in [2.05, 4.69) is 10.6 Å². The Morgan fingerprint density at radius 3 is 1.87 bits per heavy atom. The maximum Gasteiger partial charge on any atom is 0.407 e. The number of hydrogen-bond acceptors (Lipinski definition) is 14. The van der Waals surface area contributed by atoms with Crippen molar-refractivity contribution in [3.8, 4) is 11.1 Å². The number of benzene rings is 3. The molecule has 5 rings (SSSR count). The molecule has 0 saturated carbocycles. The molecule has 322 valence electrons. The summed E-state index contributed by atoms with van der Waals surface area (Å²) in [7, 11) is 0. The van der Waals surface area contributed by atoms with Crippen molar-refractivity contribution >= 4 is 70.9 Å². The molecule has 16 nitrogen and oxygen atoms in total. The minimum absolute atomic E-state index is 0.0889. The molecule has 0 radical (unpaired) electrons. The molecule has 2 aliphatic rings. The van der Waals surface area contributed by atoms with Crippen LogP contribution in [0.15, 0.2) is 78.9 Å². The summed E-state index contributed by atoms with van der Waals surface area (Å²) in [4.78, 5) is 77.2. The predicted molar refractivity (Wildman–Crippen MR) is 214 cm³/mol. The molecule has 3 aromatic carbocycles. The van der Waals surface area contributed by atoms with Gasteiger partial charge in [0.25, 0.3) is 0 Å². The lowest BCUT2D eigenvalue weighted by atomic mass is 9.96. The number of hydrogen-bond donors (Lipinski definition) is 2. The van der Waals surface area contributed by atoms with E-state index in [0.717, 1.165) is 43.0 Å². The molecule has 0 bridgehead atoms. The Morgan fingerprint density at radius 1 is 0.700 bits per heavy atom. The van der Waals surface area contributed by atoms with E-state index in [0.29, 0.717) is 5.56 Å². The first-order valence-electron chi connectivity index (χ1n) is 18.6. The van der Waals surface area contributed by atoms with Crippen LogP contribution in [-0.2, 0) is 63.7 Å². The molecular formula is C41H43Cl3N2O14. The van der Waals surface area contributed by atoms with E-state index < -0.39 is 95.9 Å². The molecule has 3 aromatic rings. The normalized spacial score (nSPS) is 20.6. The Kier molecular flexibility index (Phi) is 16.0. The van der Waals surface area contributed by atoms with Crippen LogP contribution in [0.2, 0.25) is 0 Å². The van der Waals surface area contributed by atoms with E-state index >= 15 is 0 Å². The third-order valence-electron chi connectivity index (χ3n) is 9.27. The van der Waals surface area contributed by atoms with E-state index in [1.54, 1.807) is 30.3 Å². The highest BCUT2D eigenvalue weighted by molar-refractivity contribution is 6.67. The van der Waals surface area contributed by atoms with E-state index in [1.165, 1.54) is 6.92 Å². The number of ether oxygens (including phenoxy) is 8. The van der Waals surface area contributed by atoms with Gasteiger partial charge >= 0.3 is 36.1 Å². The van der Waals surface area contributed by atoms with Crippen LogP contribution in [0.4, 0.5) is 9.59 Å². The quantitative estimate of drug-likeness (QED) is 0.108. The molecule has 2 N–H and O–H groups in total. The lowest BCUT2D eigenvalue weighted by Crippen LogP contribution is -2.67. The van der Waals surface area contributed by atoms with Crippen molar-refractivity contribution in [1.82, 2.24) is 10.6 Å². The third kappa shape index (κ3) is 12.7. The topological polar surface area (TPSA) is 200 Å². The molecule has 1 aliphatic heterocycles. The van der Waals surface area contributed by atoms with E-state index in [4.69, 9.17) is 72.7 Å². The van der Waals surface area contributed by atoms with Gasteiger partial charge in [0.1, 0.15) is 38.6 Å². The molecule has 1 saturated heterocycles. The Hall–Kier alpha value is -5.13. The smallest absolute Gasteiger partial charge is 0.407 e. The van der Waals surface area contributed by atoms with Crippen LogP contribution in [-0.4, -0.2) is 102 Å². The number of carbonyl (C=O) groups excluding carboxylic acids is 6. The lowest BCUT2D eigenvalue weighted by molar-refractivity contribution is -0.287. The number of halogens is 3. The molecule has 7 atom stereocenters. The predicted octanol–water partition coefficient (Wildman–Crippen LogP) is 5.66. The molecule has 60 heavy (non-hydrogen) atoms. The largest absolute Gasteiger partial charge is 0.463 e. The van der Waals surface area contributed by atoms with E-state index in [1.807, 2.05) is 48.5 Å². The van der Waals surface area contributed by atoms with Gasteiger partial charge in [0.05, 0.1) is 6.10 Å². The molecule has 2 amide bonds. The Labute approximate surface area is 360 Å². The summed E-state index contributed by atoms with van der Waals surface area (Å²) in [6, 6.07) is 21.1. The van der Waals surface area contributed by atoms with Gasteiger partial charge in [-0.05, 0) is 34.7 Å². The van der Waals surface area contributed by atoms with Gasteiger partial charge in [-0.2, -0.15) is 0 Å². The number of fused-ring (bicyclic) bond motifs is 3. The van der Waals surface area contributed by atoms with Gasteiger partial charge in [-0.25, -0.2) is 14.4 Å². The van der Waals surface area contributed by atoms with Crippen molar-refractivity contribution < 1.29 is 66.7 Å². The Morgan fingerprint density at radius 2 is 1.28 bits per heavy atom. The number of carbonyl (C=O) groups is 6. The van der Waals surface area contributed by atoms with Gasteiger partial charge in [0.15, 0.2) is 24.5 Å². The average Bonchev–Trinajstić information content (AvgIpc) is 3.52. The number of rotatable bonds is 15. The van der Waals surface area contributed by atoms with E-state index in [9.17, 15) is 28.8 Å². The number of alkyl carbamates (subject to hydrolysis) is 2. The monoisotopic (exact) mass is 892 g/mol. The molecule has 1 heterocycles. The summed E-state index contributed by atoms with van der Waals surface area (Å²) in [5.41, 5.74) is 4.57. The maximum absolute atomic E-state index is 13.9. The highest BCUT2D eigenvalue weighted by atomic mass is 35.6. The Balaban J connectivity index is 1.43. The minimum Gasteiger partial charge on any atom is -0.463 e. The molecule has 2 unspecified atom stereocenters. The van der Waals surface area contributed by atoms with E-state index in [-0.39, 0.29) is 19.1 Å². The minimum atomic E-state index is -2.02. The Bertz CT molecular complexity index is 1970. The fourth-order valence-electron chi connectivity index (χ4n) is 6.74. The second-order valence-corrected chi connectivity index (χ2v) is 16.3. The van der Waals surface area contributed by atoms with Gasteiger partial charge in [-0.1, -0.05) is 114 Å². The molecule has 1 fully saturated rings. The highest BCUT2D eigenvalue weighted by Gasteiger charge is 2.53. The van der Waals surface area contributed by atoms with Crippen molar-refractivity contribution in [3.63, 3.8) is 0 Å². The second kappa shape index (κ2) is 20.9. The van der Waals surface area contributed by atoms with Crippen molar-refractivity contribution in [2.75, 3.05) is 19.8 Å². The zero-order valence-electron chi connectivity index (χ0n) is 32.8. The van der Waals surface area contributed by atoms with Crippen molar-refractivity contribution in [2.45, 2.75) is 86.8 Å². The van der Waals surface area contributed by atoms with Crippen molar-refractivity contribution in [3.05, 3.63) is 95.6 Å². The third-order valence-corrected chi connectivity index (χ3v) is 9.59. The summed E-state index contributed by atoms with van der Waals surface area (Å²) in [5, 5.41) is 4.96. The summed E-state index contributed by atoms with van der Waals surface area (Å²) in [5.74, 6) is -3.74. The number of alkyl halides is 3. The van der Waals surface area contributed by atoms with Gasteiger partial charge in [-0.3, -0.25) is 14.4 Å². The van der Waals surface area contributed by atoms with Crippen LogP contribution in [0.25, 0.3) is 11.1 Å². The number of esters is 4. The molecule has 0 spiro atoms. The first kappa shape index (κ1) is 45.9. The van der Waals surface area contributed by atoms with Crippen LogP contribution in [0.3, 0.4) is 0 Å². The summed E-state index contributed by atoms with van der Waals surface area (Å²) in [6.07, 6.45) is -9.80. The standard InChI is InChI=1S/C41H43Cl3N2O14/c1-22(57-38-34(46-40(52)56-21-41(42,43)44)36(59-25(4)49)35(58-24(3)48)32(60-38)20-53-23(2)47)33(37(50)54-18-26-12-6-5-7-13-26)45-39(51)55-19-31-29-16-10-8-14-27(29)28-15-9-11-17-30(28)31/h5-17,22,31-36,38H,18-21H2,1-4H3,(H,45,51)(H,46,52)/t22-,32?,33+,34?,35-,36-,38-/m1/s1. The van der Waals surface area contributed by atoms with Crippen LogP contribution >= 0.6 is 34.8 Å². The lowest BCUT2D eigenvalue weighted by Gasteiger charge is -2.45. The molecule has 19 heteroatoms. The van der Waals surface area contributed by atoms with Crippen LogP contribution in [0, 0.1) is 0 Å². The van der Waals surface area contributed by atoms with Crippen LogP contribution in [0.1, 0.15) is 50.3 Å².